The maximum absolute atomic E-state index is 12.7. The van der Waals surface area contributed by atoms with Crippen LogP contribution in [0.1, 0.15) is 68.0 Å². The Hall–Kier alpha value is -2.66. The van der Waals surface area contributed by atoms with Gasteiger partial charge in [0.25, 0.3) is 0 Å². The van der Waals surface area contributed by atoms with Crippen molar-refractivity contribution < 1.29 is 4.79 Å². The van der Waals surface area contributed by atoms with Crippen LogP contribution in [0.2, 0.25) is 0 Å². The molecule has 2 aromatic heterocycles. The molecular formula is C18H24N6O. The van der Waals surface area contributed by atoms with E-state index < -0.39 is 0 Å². The van der Waals surface area contributed by atoms with Gasteiger partial charge in [-0.2, -0.15) is 5.10 Å². The van der Waals surface area contributed by atoms with Gasteiger partial charge in [0.2, 0.25) is 0 Å². The predicted molar refractivity (Wildman–Crippen MR) is 97.1 cm³/mol. The minimum absolute atomic E-state index is 0.0811. The number of carbonyl (C=O) groups is 1. The second-order valence-electron chi connectivity index (χ2n) is 7.43. The second kappa shape index (κ2) is 7.07. The molecule has 2 aromatic rings. The SMILES string of the molecule is Cc1ncc(CC(=O)c2cc(C(C)C)n(C(C)(C)C)n2)cc1N=[N+]=[N-]. The highest BCUT2D eigenvalue weighted by molar-refractivity contribution is 5.96. The van der Waals surface area contributed by atoms with E-state index >= 15 is 0 Å². The van der Waals surface area contributed by atoms with Crippen LogP contribution < -0.4 is 0 Å². The lowest BCUT2D eigenvalue weighted by molar-refractivity contribution is 0.0986. The van der Waals surface area contributed by atoms with Gasteiger partial charge in [0.15, 0.2) is 5.78 Å². The first-order chi connectivity index (χ1) is 11.6. The third kappa shape index (κ3) is 4.25. The summed E-state index contributed by atoms with van der Waals surface area (Å²) in [5.74, 6) is 0.188. The van der Waals surface area contributed by atoms with Crippen LogP contribution in [0.3, 0.4) is 0 Å². The van der Waals surface area contributed by atoms with Crippen LogP contribution in [-0.4, -0.2) is 20.5 Å². The Labute approximate surface area is 147 Å². The average molecular weight is 340 g/mol. The van der Waals surface area contributed by atoms with E-state index in [-0.39, 0.29) is 23.7 Å². The number of rotatable bonds is 5. The highest BCUT2D eigenvalue weighted by Gasteiger charge is 2.23. The molecular weight excluding hydrogens is 316 g/mol. The third-order valence-corrected chi connectivity index (χ3v) is 3.88. The number of aromatic nitrogens is 3. The molecule has 0 radical (unpaired) electrons. The summed E-state index contributed by atoms with van der Waals surface area (Å²) in [5, 5.41) is 8.15. The van der Waals surface area contributed by atoms with Crippen LogP contribution in [0.5, 0.6) is 0 Å². The Kier molecular flexibility index (Phi) is 5.28. The Morgan fingerprint density at radius 1 is 1.36 bits per heavy atom. The van der Waals surface area contributed by atoms with Gasteiger partial charge in [0.05, 0.1) is 11.2 Å². The fourth-order valence-electron chi connectivity index (χ4n) is 2.57. The number of ketones is 1. The molecule has 0 amide bonds. The molecule has 2 rings (SSSR count). The minimum Gasteiger partial charge on any atom is -0.292 e. The fourth-order valence-corrected chi connectivity index (χ4v) is 2.57. The van der Waals surface area contributed by atoms with Crippen LogP contribution in [-0.2, 0) is 12.0 Å². The van der Waals surface area contributed by atoms with Gasteiger partial charge in [0, 0.05) is 28.9 Å². The van der Waals surface area contributed by atoms with Crippen molar-refractivity contribution in [3.63, 3.8) is 0 Å². The van der Waals surface area contributed by atoms with Crippen molar-refractivity contribution in [1.82, 2.24) is 14.8 Å². The topological polar surface area (TPSA) is 96.5 Å². The molecule has 0 aliphatic rings. The van der Waals surface area contributed by atoms with E-state index in [9.17, 15) is 4.79 Å². The number of carbonyl (C=O) groups excluding carboxylic acids is 1. The molecule has 0 saturated carbocycles. The molecule has 0 bridgehead atoms. The number of Topliss-reactive ketones (excluding diaryl/α,β-unsaturated/α-hetero) is 1. The average Bonchev–Trinajstić information content (AvgIpc) is 2.97. The van der Waals surface area contributed by atoms with Gasteiger partial charge in [-0.3, -0.25) is 14.5 Å². The molecule has 7 heteroatoms. The van der Waals surface area contributed by atoms with Gasteiger partial charge >= 0.3 is 0 Å². The van der Waals surface area contributed by atoms with Gasteiger partial charge in [-0.05, 0) is 56.8 Å². The number of aryl methyl sites for hydroxylation is 1. The number of hydrogen-bond acceptors (Lipinski definition) is 4. The van der Waals surface area contributed by atoms with Crippen molar-refractivity contribution in [1.29, 1.82) is 0 Å². The molecule has 0 aliphatic carbocycles. The van der Waals surface area contributed by atoms with E-state index in [2.05, 4.69) is 54.7 Å². The van der Waals surface area contributed by atoms with E-state index in [1.165, 1.54) is 0 Å². The Balaban J connectivity index is 2.33. The van der Waals surface area contributed by atoms with Crippen molar-refractivity contribution in [3.05, 3.63) is 51.4 Å². The first kappa shape index (κ1) is 18.7. The monoisotopic (exact) mass is 340 g/mol. The number of pyridine rings is 1. The normalized spacial score (nSPS) is 11.5. The first-order valence-electron chi connectivity index (χ1n) is 8.27. The molecule has 0 aromatic carbocycles. The molecule has 7 nitrogen and oxygen atoms in total. The van der Waals surface area contributed by atoms with Crippen molar-refractivity contribution in [3.8, 4) is 0 Å². The van der Waals surface area contributed by atoms with E-state index in [0.29, 0.717) is 22.6 Å². The van der Waals surface area contributed by atoms with E-state index in [1.54, 1.807) is 19.2 Å². The summed E-state index contributed by atoms with van der Waals surface area (Å²) in [6.07, 6.45) is 1.80. The maximum Gasteiger partial charge on any atom is 0.187 e. The fraction of sp³-hybridized carbons (Fsp3) is 0.500. The number of hydrogen-bond donors (Lipinski definition) is 0. The smallest absolute Gasteiger partial charge is 0.187 e. The molecule has 132 valence electrons. The largest absolute Gasteiger partial charge is 0.292 e. The molecule has 0 saturated heterocycles. The molecule has 0 spiro atoms. The Morgan fingerprint density at radius 3 is 2.56 bits per heavy atom. The summed E-state index contributed by atoms with van der Waals surface area (Å²) in [4.78, 5) is 19.7. The van der Waals surface area contributed by atoms with Crippen molar-refractivity contribution in [2.24, 2.45) is 5.11 Å². The van der Waals surface area contributed by atoms with E-state index in [4.69, 9.17) is 5.53 Å². The van der Waals surface area contributed by atoms with Gasteiger partial charge in [-0.15, -0.1) is 0 Å². The highest BCUT2D eigenvalue weighted by atomic mass is 16.1. The van der Waals surface area contributed by atoms with E-state index in [1.807, 2.05) is 10.7 Å². The molecule has 25 heavy (non-hydrogen) atoms. The molecule has 0 N–H and O–H groups in total. The zero-order chi connectivity index (χ0) is 18.8. The lowest BCUT2D eigenvalue weighted by Crippen LogP contribution is -2.26. The van der Waals surface area contributed by atoms with Crippen molar-refractivity contribution in [2.45, 2.75) is 59.4 Å². The van der Waals surface area contributed by atoms with Gasteiger partial charge in [-0.1, -0.05) is 19.0 Å². The van der Waals surface area contributed by atoms with Crippen LogP contribution in [0.4, 0.5) is 5.69 Å². The molecule has 0 aliphatic heterocycles. The van der Waals surface area contributed by atoms with Gasteiger partial charge < -0.3 is 0 Å². The zero-order valence-corrected chi connectivity index (χ0v) is 15.6. The number of nitrogens with zero attached hydrogens (tertiary/aromatic N) is 6. The highest BCUT2D eigenvalue weighted by Crippen LogP contribution is 2.24. The second-order valence-corrected chi connectivity index (χ2v) is 7.43. The lowest BCUT2D eigenvalue weighted by Gasteiger charge is -2.23. The lowest BCUT2D eigenvalue weighted by atomic mass is 10.0. The van der Waals surface area contributed by atoms with Gasteiger partial charge in [-0.25, -0.2) is 0 Å². The number of azide groups is 1. The summed E-state index contributed by atoms with van der Waals surface area (Å²) in [6, 6.07) is 3.57. The molecule has 0 atom stereocenters. The van der Waals surface area contributed by atoms with Crippen molar-refractivity contribution in [2.75, 3.05) is 0 Å². The summed E-state index contributed by atoms with van der Waals surface area (Å²) >= 11 is 0. The summed E-state index contributed by atoms with van der Waals surface area (Å²) in [7, 11) is 0. The maximum atomic E-state index is 12.7. The minimum atomic E-state index is -0.196. The molecule has 2 heterocycles. The zero-order valence-electron chi connectivity index (χ0n) is 15.6. The summed E-state index contributed by atoms with van der Waals surface area (Å²) in [5.41, 5.74) is 11.7. The quantitative estimate of drug-likeness (QED) is 0.337. The first-order valence-corrected chi connectivity index (χ1v) is 8.27. The van der Waals surface area contributed by atoms with Gasteiger partial charge in [0.1, 0.15) is 5.69 Å². The van der Waals surface area contributed by atoms with Crippen molar-refractivity contribution >= 4 is 11.5 Å². The Bertz CT molecular complexity index is 838. The van der Waals surface area contributed by atoms with Crippen LogP contribution >= 0.6 is 0 Å². The summed E-state index contributed by atoms with van der Waals surface area (Å²) < 4.78 is 1.92. The Morgan fingerprint density at radius 2 is 2.04 bits per heavy atom. The molecule has 0 fully saturated rings. The third-order valence-electron chi connectivity index (χ3n) is 3.88. The van der Waals surface area contributed by atoms with Crippen LogP contribution in [0.15, 0.2) is 23.4 Å². The summed E-state index contributed by atoms with van der Waals surface area (Å²) in [6.45, 7) is 12.1. The van der Waals surface area contributed by atoms with Crippen LogP contribution in [0, 0.1) is 6.92 Å². The standard InChI is InChI=1S/C18H24N6O/c1-11(2)16-9-15(22-24(16)18(4,5)6)17(25)8-13-7-14(21-23-19)12(3)20-10-13/h7,9-11H,8H2,1-6H3. The molecule has 0 unspecified atom stereocenters. The van der Waals surface area contributed by atoms with E-state index in [0.717, 1.165) is 5.69 Å². The predicted octanol–water partition coefficient (Wildman–Crippen LogP) is 4.83. The van der Waals surface area contributed by atoms with Crippen LogP contribution in [0.25, 0.3) is 10.4 Å².